The number of benzene rings is 1. The molecule has 0 saturated carbocycles. The zero-order valence-electron chi connectivity index (χ0n) is 18.1. The van der Waals surface area contributed by atoms with Gasteiger partial charge in [0.15, 0.2) is 17.3 Å². The molecule has 1 N–H and O–H groups in total. The Morgan fingerprint density at radius 2 is 1.81 bits per heavy atom. The molecule has 31 heavy (non-hydrogen) atoms. The van der Waals surface area contributed by atoms with Crippen molar-refractivity contribution in [3.8, 4) is 23.0 Å². The fourth-order valence-electron chi connectivity index (χ4n) is 3.72. The highest BCUT2D eigenvalue weighted by atomic mass is 16.5. The van der Waals surface area contributed by atoms with Crippen LogP contribution in [0.25, 0.3) is 0 Å². The lowest BCUT2D eigenvalue weighted by molar-refractivity contribution is -0.135. The third-order valence-electron chi connectivity index (χ3n) is 5.24. The number of aryl methyl sites for hydroxylation is 1. The van der Waals surface area contributed by atoms with Crippen molar-refractivity contribution in [2.75, 3.05) is 47.6 Å². The van der Waals surface area contributed by atoms with E-state index in [1.165, 1.54) is 27.4 Å². The van der Waals surface area contributed by atoms with E-state index in [9.17, 15) is 14.7 Å². The predicted molar refractivity (Wildman–Crippen MR) is 111 cm³/mol. The summed E-state index contributed by atoms with van der Waals surface area (Å²) in [6.45, 7) is 3.47. The van der Waals surface area contributed by atoms with Crippen LogP contribution in [0.5, 0.6) is 23.0 Å². The quantitative estimate of drug-likeness (QED) is 0.707. The normalized spacial score (nSPS) is 14.8. The van der Waals surface area contributed by atoms with Gasteiger partial charge in [0.1, 0.15) is 5.76 Å². The molecule has 1 aliphatic heterocycles. The molecule has 0 unspecified atom stereocenters. The van der Waals surface area contributed by atoms with Crippen molar-refractivity contribution in [3.63, 3.8) is 0 Å². The first-order chi connectivity index (χ1) is 14.9. The molecule has 1 fully saturated rings. The van der Waals surface area contributed by atoms with Crippen LogP contribution in [0.3, 0.4) is 0 Å². The minimum Gasteiger partial charge on any atom is -0.502 e. The van der Waals surface area contributed by atoms with Gasteiger partial charge in [-0.3, -0.25) is 9.59 Å². The second-order valence-corrected chi connectivity index (χ2v) is 7.11. The molecule has 1 saturated heterocycles. The summed E-state index contributed by atoms with van der Waals surface area (Å²) in [6.07, 6.45) is -0.0498. The van der Waals surface area contributed by atoms with Crippen LogP contribution in [-0.2, 0) is 9.53 Å². The lowest BCUT2D eigenvalue weighted by Gasteiger charge is -2.29. The number of nitrogens with zero attached hydrogens (tertiary/aromatic N) is 1. The molecule has 0 radical (unpaired) electrons. The number of hydrogen-bond acceptors (Lipinski definition) is 8. The van der Waals surface area contributed by atoms with Gasteiger partial charge in [0.05, 0.1) is 40.5 Å². The number of morpholine rings is 1. The monoisotopic (exact) mass is 433 g/mol. The topological polar surface area (TPSA) is 108 Å². The third-order valence-corrected chi connectivity index (χ3v) is 5.24. The van der Waals surface area contributed by atoms with Gasteiger partial charge in [0.2, 0.25) is 22.8 Å². The number of aromatic hydroxyl groups is 1. The zero-order chi connectivity index (χ0) is 22.5. The highest BCUT2D eigenvalue weighted by Crippen LogP contribution is 2.46. The maximum absolute atomic E-state index is 13.1. The second-order valence-electron chi connectivity index (χ2n) is 7.11. The van der Waals surface area contributed by atoms with Gasteiger partial charge >= 0.3 is 0 Å². The Labute approximate surface area is 180 Å². The van der Waals surface area contributed by atoms with Crippen molar-refractivity contribution in [2.24, 2.45) is 0 Å². The third kappa shape index (κ3) is 4.61. The smallest absolute Gasteiger partial charge is 0.227 e. The average molecular weight is 433 g/mol. The molecule has 1 atom stereocenters. The number of rotatable bonds is 7. The predicted octanol–water partition coefficient (Wildman–Crippen LogP) is 2.06. The molecule has 0 aliphatic carbocycles. The van der Waals surface area contributed by atoms with Gasteiger partial charge in [-0.1, -0.05) is 6.07 Å². The maximum Gasteiger partial charge on any atom is 0.227 e. The van der Waals surface area contributed by atoms with E-state index in [4.69, 9.17) is 23.4 Å². The molecule has 1 aliphatic rings. The average Bonchev–Trinajstić information content (AvgIpc) is 2.79. The summed E-state index contributed by atoms with van der Waals surface area (Å²) in [5.41, 5.74) is -0.0622. The molecule has 0 bridgehead atoms. The van der Waals surface area contributed by atoms with Crippen molar-refractivity contribution >= 4 is 5.91 Å². The molecular weight excluding hydrogens is 406 g/mol. The summed E-state index contributed by atoms with van der Waals surface area (Å²) in [5, 5.41) is 10.5. The van der Waals surface area contributed by atoms with Gasteiger partial charge in [-0.2, -0.15) is 0 Å². The van der Waals surface area contributed by atoms with Gasteiger partial charge in [0, 0.05) is 31.1 Å². The summed E-state index contributed by atoms with van der Waals surface area (Å²) < 4.78 is 27.5. The Morgan fingerprint density at radius 1 is 1.13 bits per heavy atom. The van der Waals surface area contributed by atoms with Crippen molar-refractivity contribution in [1.82, 2.24) is 4.90 Å². The molecule has 9 heteroatoms. The summed E-state index contributed by atoms with van der Waals surface area (Å²) >= 11 is 0. The molecule has 2 aromatic rings. The molecule has 3 rings (SSSR count). The zero-order valence-corrected chi connectivity index (χ0v) is 18.1. The Kier molecular flexibility index (Phi) is 7.06. The standard InChI is InChI=1S/C22H27NO8/c1-13-11-16(24)19(26)20(31-13)15(12-18(25)23-7-9-30-10-8-23)14-5-6-17(27-2)22(29-4)21(14)28-3/h5-6,11,15,26H,7-10,12H2,1-4H3/t15-/m1/s1. The van der Waals surface area contributed by atoms with E-state index < -0.39 is 17.1 Å². The Hall–Kier alpha value is -3.20. The van der Waals surface area contributed by atoms with Crippen molar-refractivity contribution in [1.29, 1.82) is 0 Å². The minimum atomic E-state index is -0.794. The van der Waals surface area contributed by atoms with Gasteiger partial charge in [-0.15, -0.1) is 0 Å². The Balaban J connectivity index is 2.15. The van der Waals surface area contributed by atoms with E-state index in [-0.39, 0.29) is 18.1 Å². The van der Waals surface area contributed by atoms with Crippen LogP contribution in [0.2, 0.25) is 0 Å². The minimum absolute atomic E-state index is 0.00266. The number of ether oxygens (including phenoxy) is 4. The van der Waals surface area contributed by atoms with Crippen LogP contribution in [0.1, 0.15) is 29.4 Å². The summed E-state index contributed by atoms with van der Waals surface area (Å²) in [4.78, 5) is 27.0. The van der Waals surface area contributed by atoms with E-state index in [2.05, 4.69) is 0 Å². The van der Waals surface area contributed by atoms with Crippen LogP contribution >= 0.6 is 0 Å². The lowest BCUT2D eigenvalue weighted by Crippen LogP contribution is -2.41. The lowest BCUT2D eigenvalue weighted by atomic mass is 9.90. The van der Waals surface area contributed by atoms with Gasteiger partial charge in [-0.05, 0) is 13.0 Å². The largest absolute Gasteiger partial charge is 0.502 e. The van der Waals surface area contributed by atoms with Crippen molar-refractivity contribution in [3.05, 3.63) is 45.5 Å². The first kappa shape index (κ1) is 22.5. The molecule has 1 amide bonds. The van der Waals surface area contributed by atoms with Crippen LogP contribution in [0.15, 0.2) is 27.4 Å². The molecular formula is C22H27NO8. The van der Waals surface area contributed by atoms with Gasteiger partial charge in [0.25, 0.3) is 0 Å². The first-order valence-corrected chi connectivity index (χ1v) is 9.89. The summed E-state index contributed by atoms with van der Waals surface area (Å²) in [5.74, 6) is -0.0749. The van der Waals surface area contributed by atoms with Crippen molar-refractivity contribution in [2.45, 2.75) is 19.3 Å². The van der Waals surface area contributed by atoms with Crippen LogP contribution in [-0.4, -0.2) is 63.5 Å². The van der Waals surface area contributed by atoms with E-state index >= 15 is 0 Å². The SMILES string of the molecule is COc1ccc([C@@H](CC(=O)N2CCOCC2)c2oc(C)cc(=O)c2O)c(OC)c1OC. The van der Waals surface area contributed by atoms with E-state index in [1.807, 2.05) is 0 Å². The van der Waals surface area contributed by atoms with E-state index in [0.717, 1.165) is 0 Å². The molecule has 1 aromatic heterocycles. The number of methoxy groups -OCH3 is 3. The molecule has 9 nitrogen and oxygen atoms in total. The molecule has 1 aromatic carbocycles. The number of amides is 1. The Morgan fingerprint density at radius 3 is 2.42 bits per heavy atom. The van der Waals surface area contributed by atoms with E-state index in [1.54, 1.807) is 24.0 Å². The van der Waals surface area contributed by atoms with Crippen LogP contribution < -0.4 is 19.6 Å². The van der Waals surface area contributed by atoms with Crippen molar-refractivity contribution < 1.29 is 33.3 Å². The summed E-state index contributed by atoms with van der Waals surface area (Å²) in [6, 6.07) is 4.58. The second kappa shape index (κ2) is 9.74. The molecule has 168 valence electrons. The fraction of sp³-hybridized carbons (Fsp3) is 0.455. The highest BCUT2D eigenvalue weighted by Gasteiger charge is 2.32. The number of carbonyl (C=O) groups is 1. The number of carbonyl (C=O) groups excluding carboxylic acids is 1. The Bertz CT molecular complexity index is 994. The van der Waals surface area contributed by atoms with Gasteiger partial charge < -0.3 is 33.4 Å². The van der Waals surface area contributed by atoms with Crippen LogP contribution in [0, 0.1) is 6.92 Å². The van der Waals surface area contributed by atoms with Gasteiger partial charge in [-0.25, -0.2) is 0 Å². The number of hydrogen-bond donors (Lipinski definition) is 1. The first-order valence-electron chi connectivity index (χ1n) is 9.89. The molecule has 0 spiro atoms. The van der Waals surface area contributed by atoms with E-state index in [0.29, 0.717) is 54.9 Å². The molecule has 2 heterocycles. The van der Waals surface area contributed by atoms with Crippen LogP contribution in [0.4, 0.5) is 0 Å². The highest BCUT2D eigenvalue weighted by molar-refractivity contribution is 5.78. The fourth-order valence-corrected chi connectivity index (χ4v) is 3.72. The maximum atomic E-state index is 13.1. The summed E-state index contributed by atoms with van der Waals surface area (Å²) in [7, 11) is 4.44.